The van der Waals surface area contributed by atoms with Crippen molar-refractivity contribution in [3.05, 3.63) is 70.7 Å². The topological polar surface area (TPSA) is 41.5 Å². The van der Waals surface area contributed by atoms with Crippen molar-refractivity contribution >= 4 is 23.7 Å². The van der Waals surface area contributed by atoms with Crippen molar-refractivity contribution in [1.29, 1.82) is 0 Å². The third kappa shape index (κ3) is 3.50. The number of nitrogens with zero attached hydrogens (tertiary/aromatic N) is 1. The second-order valence-corrected chi connectivity index (χ2v) is 5.59. The highest BCUT2D eigenvalue weighted by molar-refractivity contribution is 6.30. The third-order valence-corrected chi connectivity index (χ3v) is 3.83. The molecule has 0 radical (unpaired) electrons. The molecule has 1 aliphatic rings. The van der Waals surface area contributed by atoms with Crippen LogP contribution in [0.5, 0.6) is 0 Å². The average molecular weight is 299 g/mol. The van der Waals surface area contributed by atoms with Crippen LogP contribution in [0, 0.1) is 5.92 Å². The van der Waals surface area contributed by atoms with Crippen LogP contribution in [-0.2, 0) is 4.79 Å². The van der Waals surface area contributed by atoms with E-state index in [0.29, 0.717) is 10.9 Å². The average Bonchev–Trinajstić information content (AvgIpc) is 3.29. The minimum Gasteiger partial charge on any atom is -0.273 e. The molecule has 0 aliphatic heterocycles. The van der Waals surface area contributed by atoms with E-state index in [1.165, 1.54) is 5.56 Å². The lowest BCUT2D eigenvalue weighted by Gasteiger charge is -2.00. The Morgan fingerprint density at radius 3 is 2.76 bits per heavy atom. The number of hydrogen-bond acceptors (Lipinski definition) is 2. The zero-order valence-corrected chi connectivity index (χ0v) is 12.1. The molecule has 1 N–H and O–H groups in total. The predicted octanol–water partition coefficient (Wildman–Crippen LogP) is 3.59. The van der Waals surface area contributed by atoms with E-state index in [0.717, 1.165) is 12.0 Å². The van der Waals surface area contributed by atoms with Gasteiger partial charge in [0, 0.05) is 10.9 Å². The molecule has 21 heavy (non-hydrogen) atoms. The maximum Gasteiger partial charge on any atom is 0.243 e. The molecular weight excluding hydrogens is 284 g/mol. The Labute approximate surface area is 128 Å². The van der Waals surface area contributed by atoms with Crippen LogP contribution in [0.25, 0.3) is 0 Å². The van der Waals surface area contributed by atoms with Gasteiger partial charge in [-0.05, 0) is 35.6 Å². The molecule has 0 heterocycles. The Kier molecular flexibility index (Phi) is 4.02. The van der Waals surface area contributed by atoms with Crippen LogP contribution >= 0.6 is 11.6 Å². The number of rotatable bonds is 4. The van der Waals surface area contributed by atoms with Crippen LogP contribution in [0.3, 0.4) is 0 Å². The fourth-order valence-electron chi connectivity index (χ4n) is 2.39. The molecule has 0 bridgehead atoms. The molecule has 1 saturated carbocycles. The van der Waals surface area contributed by atoms with Gasteiger partial charge in [-0.1, -0.05) is 54.1 Å². The summed E-state index contributed by atoms with van der Waals surface area (Å²) in [5.41, 5.74) is 4.68. The smallest absolute Gasteiger partial charge is 0.243 e. The maximum atomic E-state index is 12.0. The molecule has 0 spiro atoms. The van der Waals surface area contributed by atoms with E-state index in [1.54, 1.807) is 18.3 Å². The minimum absolute atomic E-state index is 0.0258. The second kappa shape index (κ2) is 6.10. The van der Waals surface area contributed by atoms with Gasteiger partial charge in [0.1, 0.15) is 0 Å². The molecule has 2 unspecified atom stereocenters. The molecule has 0 aromatic heterocycles. The van der Waals surface area contributed by atoms with Gasteiger partial charge in [0.15, 0.2) is 0 Å². The first-order chi connectivity index (χ1) is 10.2. The first kappa shape index (κ1) is 13.8. The molecule has 2 aromatic carbocycles. The largest absolute Gasteiger partial charge is 0.273 e. The molecule has 1 fully saturated rings. The van der Waals surface area contributed by atoms with Crippen molar-refractivity contribution in [1.82, 2.24) is 5.43 Å². The molecule has 0 saturated heterocycles. The Balaban J connectivity index is 1.54. The van der Waals surface area contributed by atoms with E-state index in [1.807, 2.05) is 30.3 Å². The van der Waals surface area contributed by atoms with Crippen molar-refractivity contribution in [2.45, 2.75) is 12.3 Å². The van der Waals surface area contributed by atoms with E-state index in [9.17, 15) is 4.79 Å². The Morgan fingerprint density at radius 2 is 2.00 bits per heavy atom. The molecule has 2 aromatic rings. The van der Waals surface area contributed by atoms with Crippen LogP contribution in [0.4, 0.5) is 0 Å². The molecule has 1 amide bonds. The number of hydrazone groups is 1. The van der Waals surface area contributed by atoms with E-state index in [2.05, 4.69) is 22.7 Å². The maximum absolute atomic E-state index is 12.0. The van der Waals surface area contributed by atoms with Gasteiger partial charge in [-0.2, -0.15) is 5.10 Å². The first-order valence-electron chi connectivity index (χ1n) is 6.87. The predicted molar refractivity (Wildman–Crippen MR) is 84.5 cm³/mol. The number of amides is 1. The van der Waals surface area contributed by atoms with Gasteiger partial charge < -0.3 is 0 Å². The second-order valence-electron chi connectivity index (χ2n) is 5.15. The molecule has 1 aliphatic carbocycles. The zero-order valence-electron chi connectivity index (χ0n) is 11.4. The Morgan fingerprint density at radius 1 is 1.19 bits per heavy atom. The fraction of sp³-hybridized carbons (Fsp3) is 0.176. The highest BCUT2D eigenvalue weighted by Gasteiger charge is 2.43. The zero-order chi connectivity index (χ0) is 14.7. The lowest BCUT2D eigenvalue weighted by Crippen LogP contribution is -2.20. The summed E-state index contributed by atoms with van der Waals surface area (Å²) in [7, 11) is 0. The quantitative estimate of drug-likeness (QED) is 0.680. The van der Waals surface area contributed by atoms with Crippen molar-refractivity contribution in [2.24, 2.45) is 11.0 Å². The number of carbonyl (C=O) groups is 1. The van der Waals surface area contributed by atoms with Crippen molar-refractivity contribution in [3.8, 4) is 0 Å². The molecule has 3 nitrogen and oxygen atoms in total. The fourth-order valence-corrected chi connectivity index (χ4v) is 2.59. The van der Waals surface area contributed by atoms with Crippen molar-refractivity contribution in [3.63, 3.8) is 0 Å². The molecule has 2 atom stereocenters. The van der Waals surface area contributed by atoms with Crippen LogP contribution in [-0.4, -0.2) is 12.1 Å². The molecular formula is C17H15ClN2O. The first-order valence-corrected chi connectivity index (χ1v) is 7.25. The number of hydrogen-bond donors (Lipinski definition) is 1. The summed E-state index contributed by atoms with van der Waals surface area (Å²) in [5, 5.41) is 4.64. The molecule has 4 heteroatoms. The summed E-state index contributed by atoms with van der Waals surface area (Å²) >= 11 is 5.88. The summed E-state index contributed by atoms with van der Waals surface area (Å²) in [6.45, 7) is 0. The van der Waals surface area contributed by atoms with Crippen LogP contribution < -0.4 is 5.43 Å². The molecule has 3 rings (SSSR count). The highest BCUT2D eigenvalue weighted by atomic mass is 35.5. The highest BCUT2D eigenvalue weighted by Crippen LogP contribution is 2.47. The number of benzene rings is 2. The standard InChI is InChI=1S/C17H15ClN2O/c18-14-8-4-5-12(9-14)11-19-20-17(21)16-10-15(16)13-6-2-1-3-7-13/h1-9,11,15-16H,10H2,(H,20,21)/b19-11-. The van der Waals surface area contributed by atoms with Gasteiger partial charge >= 0.3 is 0 Å². The van der Waals surface area contributed by atoms with E-state index < -0.39 is 0 Å². The molecule has 106 valence electrons. The van der Waals surface area contributed by atoms with Crippen LogP contribution in [0.15, 0.2) is 59.7 Å². The van der Waals surface area contributed by atoms with Crippen LogP contribution in [0.1, 0.15) is 23.5 Å². The van der Waals surface area contributed by atoms with Gasteiger partial charge in [-0.3, -0.25) is 4.79 Å². The van der Waals surface area contributed by atoms with Gasteiger partial charge in [0.05, 0.1) is 6.21 Å². The van der Waals surface area contributed by atoms with Gasteiger partial charge in [-0.25, -0.2) is 5.43 Å². The van der Waals surface area contributed by atoms with Crippen molar-refractivity contribution < 1.29 is 4.79 Å². The Hall–Kier alpha value is -2.13. The summed E-state index contributed by atoms with van der Waals surface area (Å²) in [6.07, 6.45) is 2.49. The minimum atomic E-state index is -0.0258. The van der Waals surface area contributed by atoms with E-state index >= 15 is 0 Å². The number of nitrogens with one attached hydrogen (secondary N) is 1. The summed E-state index contributed by atoms with van der Waals surface area (Å²) < 4.78 is 0. The summed E-state index contributed by atoms with van der Waals surface area (Å²) in [6, 6.07) is 17.4. The number of halogens is 1. The SMILES string of the molecule is O=C(N/N=C\c1cccc(Cl)c1)C1CC1c1ccccc1. The van der Waals surface area contributed by atoms with E-state index in [-0.39, 0.29) is 11.8 Å². The Bertz CT molecular complexity index is 670. The summed E-state index contributed by atoms with van der Waals surface area (Å²) in [5.74, 6) is 0.332. The lowest BCUT2D eigenvalue weighted by atomic mass is 10.1. The third-order valence-electron chi connectivity index (χ3n) is 3.59. The van der Waals surface area contributed by atoms with Gasteiger partial charge in [0.25, 0.3) is 0 Å². The summed E-state index contributed by atoms with van der Waals surface area (Å²) in [4.78, 5) is 12.0. The number of carbonyl (C=O) groups excluding carboxylic acids is 1. The normalized spacial score (nSPS) is 20.4. The van der Waals surface area contributed by atoms with Crippen LogP contribution in [0.2, 0.25) is 5.02 Å². The van der Waals surface area contributed by atoms with Crippen molar-refractivity contribution in [2.75, 3.05) is 0 Å². The lowest BCUT2D eigenvalue weighted by molar-refractivity contribution is -0.122. The van der Waals surface area contributed by atoms with Gasteiger partial charge in [-0.15, -0.1) is 0 Å². The van der Waals surface area contributed by atoms with Gasteiger partial charge in [0.2, 0.25) is 5.91 Å². The monoisotopic (exact) mass is 298 g/mol. The van der Waals surface area contributed by atoms with E-state index in [4.69, 9.17) is 11.6 Å².